The Morgan fingerprint density at radius 3 is 2.66 bits per heavy atom. The average Bonchev–Trinajstić information content (AvgIpc) is 3.68. The number of aliphatic hydroxyl groups excluding tert-OH is 2. The number of nitrogens with one attached hydrogen (secondary N) is 1. The largest absolute Gasteiger partial charge is 0.390 e. The maximum Gasteiger partial charge on any atom is 0.194 e. The predicted molar refractivity (Wildman–Crippen MR) is 179 cm³/mol. The van der Waals surface area contributed by atoms with Crippen molar-refractivity contribution in [2.24, 2.45) is 22.7 Å². The normalized spacial score (nSPS) is 40.7. The maximum absolute atomic E-state index is 17.7. The Morgan fingerprint density at radius 1 is 1.17 bits per heavy atom. The van der Waals surface area contributed by atoms with Crippen molar-refractivity contribution in [3.05, 3.63) is 87.7 Å². The summed E-state index contributed by atoms with van der Waals surface area (Å²) in [5, 5.41) is 27.6. The van der Waals surface area contributed by atoms with E-state index in [1.807, 2.05) is 25.1 Å². The van der Waals surface area contributed by atoms with Crippen molar-refractivity contribution in [2.45, 2.75) is 102 Å². The van der Waals surface area contributed by atoms with Crippen LogP contribution in [0.25, 0.3) is 0 Å². The number of Topliss-reactive ketones (excluding diaryl/α,β-unsaturated/α-hetero) is 1. The van der Waals surface area contributed by atoms with Crippen LogP contribution >= 0.6 is 11.3 Å². The number of aliphatic hydroxyl groups is 2. The Kier molecular flexibility index (Phi) is 7.62. The highest BCUT2D eigenvalue weighted by molar-refractivity contribution is 7.10. The third kappa shape index (κ3) is 4.71. The summed E-state index contributed by atoms with van der Waals surface area (Å²) in [5.74, 6) is -1.98. The second-order valence-electron chi connectivity index (χ2n) is 15.8. The molecule has 6 nitrogen and oxygen atoms in total. The minimum absolute atomic E-state index is 0.0634. The molecule has 1 aliphatic heterocycles. The van der Waals surface area contributed by atoms with Gasteiger partial charge in [-0.1, -0.05) is 43.9 Å². The molecule has 2 heterocycles. The fourth-order valence-electron chi connectivity index (χ4n) is 9.80. The Labute approximate surface area is 279 Å². The van der Waals surface area contributed by atoms with Gasteiger partial charge in [0.05, 0.1) is 17.1 Å². The van der Waals surface area contributed by atoms with Gasteiger partial charge >= 0.3 is 0 Å². The van der Waals surface area contributed by atoms with Crippen LogP contribution in [-0.2, 0) is 20.7 Å². The number of anilines is 1. The van der Waals surface area contributed by atoms with Crippen molar-refractivity contribution < 1.29 is 33.3 Å². The van der Waals surface area contributed by atoms with Crippen LogP contribution in [0.4, 0.5) is 14.5 Å². The number of ketones is 1. The van der Waals surface area contributed by atoms with Crippen molar-refractivity contribution in [3.8, 4) is 0 Å². The lowest BCUT2D eigenvalue weighted by molar-refractivity contribution is -0.234. The quantitative estimate of drug-likeness (QED) is 0.303. The molecule has 0 bridgehead atoms. The Morgan fingerprint density at radius 2 is 1.94 bits per heavy atom. The second kappa shape index (κ2) is 10.9. The van der Waals surface area contributed by atoms with Crippen LogP contribution in [0.3, 0.4) is 0 Å². The molecule has 252 valence electrons. The molecule has 4 fully saturated rings. The van der Waals surface area contributed by atoms with Gasteiger partial charge in [-0.3, -0.25) is 4.79 Å². The molecule has 0 unspecified atom stereocenters. The number of carbonyl (C=O) groups excluding carboxylic acids is 1. The molecular weight excluding hydrogens is 620 g/mol. The summed E-state index contributed by atoms with van der Waals surface area (Å²) >= 11 is 1.48. The summed E-state index contributed by atoms with van der Waals surface area (Å²) in [7, 11) is 0. The molecule has 0 amide bonds. The molecule has 5 aliphatic rings. The van der Waals surface area contributed by atoms with Crippen LogP contribution in [0, 0.1) is 22.7 Å². The third-order valence-corrected chi connectivity index (χ3v) is 12.8. The molecule has 0 spiro atoms. The van der Waals surface area contributed by atoms with E-state index >= 15 is 8.78 Å². The molecule has 3 N–H and O–H groups in total. The lowest BCUT2D eigenvalue weighted by Gasteiger charge is -2.63. The summed E-state index contributed by atoms with van der Waals surface area (Å²) in [6.07, 6.45) is 1.08. The Balaban J connectivity index is 1.18. The molecule has 2 aromatic rings. The molecule has 4 aliphatic carbocycles. The highest BCUT2D eigenvalue weighted by atomic mass is 32.1. The minimum Gasteiger partial charge on any atom is -0.390 e. The van der Waals surface area contributed by atoms with E-state index in [2.05, 4.69) is 50.2 Å². The number of hydrogen-bond acceptors (Lipinski definition) is 7. The highest BCUT2D eigenvalue weighted by Gasteiger charge is 2.80. The van der Waals surface area contributed by atoms with Crippen LogP contribution in [0.1, 0.15) is 76.2 Å². The van der Waals surface area contributed by atoms with Gasteiger partial charge in [0.25, 0.3) is 0 Å². The standard InChI is InChI=1S/C38H45F2NO5S/c1-21-10-11-35(5)27(12-21)28(39)16-26-25-17-32-38(31(44)19-42,36(25,6)18-30(43)37(26,35)40)46-33(45-32)29-15-23(20-47-29)13-22-8-7-9-24(14-22)41-34(2,3)4/h7-12,14-15,20,25-26,28,30,32-33,41-43H,1,13,16-19H2,2-6H3/t25-,26-,28-,30-,32+,33+,35-,36-,37-,38+/m0/s1. The number of thiophene rings is 1. The molecule has 7 rings (SSSR count). The van der Waals surface area contributed by atoms with E-state index in [-0.39, 0.29) is 24.8 Å². The van der Waals surface area contributed by atoms with Gasteiger partial charge in [-0.05, 0) is 105 Å². The fourth-order valence-corrected chi connectivity index (χ4v) is 10.7. The van der Waals surface area contributed by atoms with Crippen LogP contribution < -0.4 is 5.32 Å². The van der Waals surface area contributed by atoms with Crippen molar-refractivity contribution in [1.82, 2.24) is 0 Å². The Bertz CT molecular complexity index is 1680. The van der Waals surface area contributed by atoms with Gasteiger partial charge < -0.3 is 25.0 Å². The number of fused-ring (bicyclic) bond motifs is 7. The lowest BCUT2D eigenvalue weighted by atomic mass is 9.44. The van der Waals surface area contributed by atoms with Crippen molar-refractivity contribution >= 4 is 22.8 Å². The van der Waals surface area contributed by atoms with E-state index in [0.29, 0.717) is 17.6 Å². The zero-order chi connectivity index (χ0) is 33.7. The molecule has 1 saturated heterocycles. The van der Waals surface area contributed by atoms with Gasteiger partial charge in [0, 0.05) is 28.0 Å². The van der Waals surface area contributed by atoms with Gasteiger partial charge in [0.1, 0.15) is 12.8 Å². The smallest absolute Gasteiger partial charge is 0.194 e. The first-order chi connectivity index (χ1) is 22.1. The van der Waals surface area contributed by atoms with E-state index in [1.165, 1.54) is 11.3 Å². The highest BCUT2D eigenvalue weighted by Crippen LogP contribution is 2.72. The van der Waals surface area contributed by atoms with E-state index in [9.17, 15) is 15.0 Å². The van der Waals surface area contributed by atoms with Crippen LogP contribution in [0.2, 0.25) is 0 Å². The first-order valence-corrected chi connectivity index (χ1v) is 17.5. The van der Waals surface area contributed by atoms with Gasteiger partial charge in [-0.25, -0.2) is 8.78 Å². The van der Waals surface area contributed by atoms with Gasteiger partial charge in [0.15, 0.2) is 23.3 Å². The lowest BCUT2D eigenvalue weighted by Crippen LogP contribution is -2.70. The first kappa shape index (κ1) is 32.8. The molecule has 47 heavy (non-hydrogen) atoms. The summed E-state index contributed by atoms with van der Waals surface area (Å²) in [6, 6.07) is 10.3. The number of alkyl halides is 2. The van der Waals surface area contributed by atoms with Crippen molar-refractivity contribution in [2.75, 3.05) is 11.9 Å². The zero-order valence-corrected chi connectivity index (χ0v) is 28.5. The van der Waals surface area contributed by atoms with Gasteiger partial charge in [-0.2, -0.15) is 0 Å². The summed E-state index contributed by atoms with van der Waals surface area (Å²) in [5.41, 5.74) is -2.18. The topological polar surface area (TPSA) is 88.0 Å². The molecule has 0 radical (unpaired) electrons. The van der Waals surface area contributed by atoms with Crippen molar-refractivity contribution in [1.29, 1.82) is 0 Å². The summed E-state index contributed by atoms with van der Waals surface area (Å²) in [4.78, 5) is 14.6. The van der Waals surface area contributed by atoms with Crippen LogP contribution in [0.5, 0.6) is 0 Å². The fraction of sp³-hybridized carbons (Fsp3) is 0.553. The van der Waals surface area contributed by atoms with E-state index in [0.717, 1.165) is 21.7 Å². The Hall–Kier alpha value is -2.69. The number of rotatable bonds is 6. The van der Waals surface area contributed by atoms with Gasteiger partial charge in [0.2, 0.25) is 0 Å². The monoisotopic (exact) mass is 665 g/mol. The number of carbonyl (C=O) groups is 1. The van der Waals surface area contributed by atoms with E-state index < -0.39 is 71.0 Å². The third-order valence-electron chi connectivity index (χ3n) is 11.8. The summed E-state index contributed by atoms with van der Waals surface area (Å²) < 4.78 is 46.9. The number of halogens is 2. The SMILES string of the molecule is C=C1C=C[C@@]2(C)C(=C1)[C@@H](F)C[C@H]1[C@@H]3C[C@H]4O[C@@H](c5cc(Cc6cccc(NC(C)(C)C)c6)cs5)O[C@@]4(C(=O)CO)[C@@]3(C)C[C@H](O)[C@@]12F. The number of hydrogen-bond donors (Lipinski definition) is 3. The molecule has 1 aromatic carbocycles. The maximum atomic E-state index is 17.7. The first-order valence-electron chi connectivity index (χ1n) is 16.6. The van der Waals surface area contributed by atoms with E-state index in [1.54, 1.807) is 25.2 Å². The number of benzene rings is 1. The van der Waals surface area contributed by atoms with Crippen LogP contribution in [-0.4, -0.2) is 57.8 Å². The number of ether oxygens (including phenoxy) is 2. The van der Waals surface area contributed by atoms with E-state index in [4.69, 9.17) is 9.47 Å². The molecule has 9 heteroatoms. The molecule has 3 saturated carbocycles. The predicted octanol–water partition coefficient (Wildman–Crippen LogP) is 7.18. The zero-order valence-electron chi connectivity index (χ0n) is 27.7. The average molecular weight is 666 g/mol. The molecule has 1 aromatic heterocycles. The van der Waals surface area contributed by atoms with Crippen molar-refractivity contribution in [3.63, 3.8) is 0 Å². The molecular formula is C38H45F2NO5S. The summed E-state index contributed by atoms with van der Waals surface area (Å²) in [6.45, 7) is 13.0. The molecule has 10 atom stereocenters. The van der Waals surface area contributed by atoms with Crippen LogP contribution in [0.15, 0.2) is 71.7 Å². The van der Waals surface area contributed by atoms with Gasteiger partial charge in [-0.15, -0.1) is 11.3 Å². The number of allylic oxidation sites excluding steroid dienone is 5. The minimum atomic E-state index is -2.17. The second-order valence-corrected chi connectivity index (χ2v) is 16.7.